The second-order valence-corrected chi connectivity index (χ2v) is 9.31. The van der Waals surface area contributed by atoms with Crippen molar-refractivity contribution in [3.8, 4) is 0 Å². The van der Waals surface area contributed by atoms with Crippen LogP contribution in [0.5, 0.6) is 0 Å². The molecule has 2 aliphatic heterocycles. The van der Waals surface area contributed by atoms with Gasteiger partial charge in [0.05, 0.1) is 32.3 Å². The molecule has 3 aromatic heterocycles. The van der Waals surface area contributed by atoms with Crippen LogP contribution < -0.4 is 11.1 Å². The van der Waals surface area contributed by atoms with Gasteiger partial charge in [0, 0.05) is 6.92 Å². The van der Waals surface area contributed by atoms with Gasteiger partial charge in [-0.1, -0.05) is 5.21 Å². The zero-order valence-electron chi connectivity index (χ0n) is 20.6. The smallest absolute Gasteiger partial charge is 0.217 e. The number of nitrogen functional groups attached to an aromatic ring is 1. The molecule has 0 saturated carbocycles. The number of anilines is 1. The van der Waals surface area contributed by atoms with Crippen molar-refractivity contribution in [1.29, 1.82) is 0 Å². The van der Waals surface area contributed by atoms with Gasteiger partial charge in [0.25, 0.3) is 0 Å². The molecule has 0 aliphatic carbocycles. The number of aliphatic hydroxyl groups excluding tert-OH is 5. The van der Waals surface area contributed by atoms with Crippen molar-refractivity contribution in [2.75, 3.05) is 12.3 Å². The van der Waals surface area contributed by atoms with Crippen LogP contribution in [0.4, 0.5) is 5.82 Å². The summed E-state index contributed by atoms with van der Waals surface area (Å²) >= 11 is 0. The number of rotatable bonds is 8. The van der Waals surface area contributed by atoms with Crippen molar-refractivity contribution in [2.45, 2.75) is 75.3 Å². The molecule has 0 aromatic carbocycles. The molecule has 2 saturated heterocycles. The molecule has 212 valence electrons. The maximum atomic E-state index is 11.6. The van der Waals surface area contributed by atoms with E-state index in [9.17, 15) is 30.3 Å². The topological polar surface area (TPSA) is 258 Å². The largest absolute Gasteiger partial charge is 0.394 e. The van der Waals surface area contributed by atoms with Crippen LogP contribution in [0.2, 0.25) is 0 Å². The fourth-order valence-corrected chi connectivity index (χ4v) is 4.62. The van der Waals surface area contributed by atoms with Crippen LogP contribution in [0.3, 0.4) is 0 Å². The molecule has 39 heavy (non-hydrogen) atoms. The van der Waals surface area contributed by atoms with E-state index in [1.165, 1.54) is 35.0 Å². The first-order chi connectivity index (χ1) is 18.7. The van der Waals surface area contributed by atoms with E-state index in [1.807, 2.05) is 0 Å². The number of carbonyl (C=O) groups excluding carboxylic acids is 1. The Kier molecular flexibility index (Phi) is 7.69. The van der Waals surface area contributed by atoms with Gasteiger partial charge in [0.2, 0.25) is 5.91 Å². The number of hydrogen-bond acceptors (Lipinski definition) is 15. The molecule has 0 radical (unpaired) electrons. The van der Waals surface area contributed by atoms with Crippen molar-refractivity contribution in [2.24, 2.45) is 0 Å². The highest BCUT2D eigenvalue weighted by molar-refractivity contribution is 5.81. The molecule has 2 aliphatic rings. The lowest BCUT2D eigenvalue weighted by molar-refractivity contribution is -0.273. The van der Waals surface area contributed by atoms with E-state index in [0.29, 0.717) is 16.9 Å². The number of carbonyl (C=O) groups is 1. The van der Waals surface area contributed by atoms with Crippen molar-refractivity contribution in [1.82, 2.24) is 39.8 Å². The third-order valence-corrected chi connectivity index (χ3v) is 6.60. The summed E-state index contributed by atoms with van der Waals surface area (Å²) in [5.41, 5.74) is 6.82. The number of ether oxygens (including phenoxy) is 3. The molecule has 3 aromatic rings. The lowest BCUT2D eigenvalue weighted by Gasteiger charge is -2.42. The van der Waals surface area contributed by atoms with E-state index in [1.54, 1.807) is 0 Å². The average Bonchev–Trinajstić information content (AvgIpc) is 3.61. The molecule has 2 fully saturated rings. The number of amides is 1. The molecule has 18 nitrogen and oxygen atoms in total. The second kappa shape index (κ2) is 11.0. The Bertz CT molecular complexity index is 1300. The Morgan fingerprint density at radius 3 is 2.62 bits per heavy atom. The molecular formula is C21H29N9O9. The van der Waals surface area contributed by atoms with Gasteiger partial charge in [0.15, 0.2) is 24.0 Å². The number of aromatic nitrogens is 7. The molecule has 0 bridgehead atoms. The van der Waals surface area contributed by atoms with Gasteiger partial charge in [-0.3, -0.25) is 9.36 Å². The highest BCUT2D eigenvalue weighted by Gasteiger charge is 2.46. The number of nitrogens with one attached hydrogen (secondary N) is 1. The monoisotopic (exact) mass is 551 g/mol. The number of aliphatic hydroxyl groups is 5. The van der Waals surface area contributed by atoms with Crippen LogP contribution >= 0.6 is 0 Å². The predicted octanol–water partition coefficient (Wildman–Crippen LogP) is -4.22. The normalized spacial score (nSPS) is 33.0. The molecular weight excluding hydrogens is 522 g/mol. The number of imidazole rings is 1. The highest BCUT2D eigenvalue weighted by atomic mass is 16.7. The van der Waals surface area contributed by atoms with E-state index < -0.39 is 67.7 Å². The van der Waals surface area contributed by atoms with Gasteiger partial charge < -0.3 is 50.8 Å². The lowest BCUT2D eigenvalue weighted by Crippen LogP contribution is -2.64. The summed E-state index contributed by atoms with van der Waals surface area (Å²) in [6.07, 6.45) is -5.48. The highest BCUT2D eigenvalue weighted by Crippen LogP contribution is 2.32. The van der Waals surface area contributed by atoms with Gasteiger partial charge in [-0.2, -0.15) is 0 Å². The molecule has 5 heterocycles. The summed E-state index contributed by atoms with van der Waals surface area (Å²) in [5, 5.41) is 61.7. The zero-order chi connectivity index (χ0) is 27.8. The average molecular weight is 552 g/mol. The maximum Gasteiger partial charge on any atom is 0.217 e. The quantitative estimate of drug-likeness (QED) is 0.140. The first-order valence-electron chi connectivity index (χ1n) is 12.0. The van der Waals surface area contributed by atoms with Crippen molar-refractivity contribution < 1.29 is 44.5 Å². The lowest BCUT2D eigenvalue weighted by atomic mass is 9.97. The third kappa shape index (κ3) is 5.28. The standard InChI is InChI=1S/C21H29N9O9/c1-8(32)26-12-16(35)15(34)11(4-31)39-21(12)37-5-9-2-29(28-27-9)3-10-14(33)17(36)20(38-10)30-7-25-13-18(22)23-6-24-19(13)30/h2,6-7,10-12,14-17,20-21,31,33-36H,3-5H2,1H3,(H,26,32)(H2,22,23,24)/t10-,11-,12-,14-,15-,16-,17-,20-,21+/m1/s1. The third-order valence-electron chi connectivity index (χ3n) is 6.60. The summed E-state index contributed by atoms with van der Waals surface area (Å²) in [6, 6.07) is -1.10. The minimum atomic E-state index is -1.45. The Labute approximate surface area is 220 Å². The van der Waals surface area contributed by atoms with Crippen molar-refractivity contribution in [3.63, 3.8) is 0 Å². The Morgan fingerprint density at radius 1 is 1.10 bits per heavy atom. The van der Waals surface area contributed by atoms with Crippen molar-refractivity contribution >= 4 is 22.9 Å². The summed E-state index contributed by atoms with van der Waals surface area (Å²) in [5.74, 6) is -0.313. The zero-order valence-corrected chi connectivity index (χ0v) is 20.6. The number of nitrogens with zero attached hydrogens (tertiary/aromatic N) is 7. The SMILES string of the molecule is CC(=O)N[C@H]1[C@@H](OCc2cn(C[C@H]3O[C@@H](n4cnc5c(N)ncnc54)[C@H](O)[C@@H]3O)nn2)O[C@H](CO)[C@@H](O)[C@@H]1O. The van der Waals surface area contributed by atoms with Crippen LogP contribution in [0.1, 0.15) is 18.8 Å². The Balaban J connectivity index is 1.23. The first kappa shape index (κ1) is 27.2. The van der Waals surface area contributed by atoms with Crippen LogP contribution in [0, 0.1) is 0 Å². The van der Waals surface area contributed by atoms with Crippen molar-refractivity contribution in [3.05, 3.63) is 24.5 Å². The number of fused-ring (bicyclic) bond motifs is 1. The molecule has 1 amide bonds. The van der Waals surface area contributed by atoms with Crippen LogP contribution in [0.25, 0.3) is 11.2 Å². The number of hydrogen-bond donors (Lipinski definition) is 7. The van der Waals surface area contributed by atoms with Gasteiger partial charge in [0.1, 0.15) is 60.2 Å². The minimum Gasteiger partial charge on any atom is -0.394 e. The van der Waals surface area contributed by atoms with Crippen LogP contribution in [0.15, 0.2) is 18.9 Å². The summed E-state index contributed by atoms with van der Waals surface area (Å²) in [7, 11) is 0. The first-order valence-corrected chi connectivity index (χ1v) is 12.0. The van der Waals surface area contributed by atoms with Crippen LogP contribution in [-0.2, 0) is 32.2 Å². The fourth-order valence-electron chi connectivity index (χ4n) is 4.62. The Hall–Kier alpha value is -3.36. The van der Waals surface area contributed by atoms with Gasteiger partial charge in [-0.15, -0.1) is 5.10 Å². The van der Waals surface area contributed by atoms with E-state index in [2.05, 4.69) is 30.6 Å². The molecule has 9 atom stereocenters. The molecule has 0 spiro atoms. The number of nitrogens with two attached hydrogens (primary N) is 1. The Morgan fingerprint density at radius 2 is 1.87 bits per heavy atom. The second-order valence-electron chi connectivity index (χ2n) is 9.31. The molecule has 8 N–H and O–H groups in total. The minimum absolute atomic E-state index is 0.0252. The molecule has 0 unspecified atom stereocenters. The molecule has 5 rings (SSSR count). The summed E-state index contributed by atoms with van der Waals surface area (Å²) in [4.78, 5) is 23.7. The van der Waals surface area contributed by atoms with E-state index in [0.717, 1.165) is 0 Å². The predicted molar refractivity (Wildman–Crippen MR) is 126 cm³/mol. The van der Waals surface area contributed by atoms with E-state index in [-0.39, 0.29) is 19.0 Å². The summed E-state index contributed by atoms with van der Waals surface area (Å²) in [6.45, 7) is 0.521. The van der Waals surface area contributed by atoms with Gasteiger partial charge >= 0.3 is 0 Å². The van der Waals surface area contributed by atoms with E-state index >= 15 is 0 Å². The van der Waals surface area contributed by atoms with E-state index in [4.69, 9.17) is 19.9 Å². The maximum absolute atomic E-state index is 11.6. The summed E-state index contributed by atoms with van der Waals surface area (Å²) < 4.78 is 20.0. The van der Waals surface area contributed by atoms with Gasteiger partial charge in [-0.05, 0) is 0 Å². The fraction of sp³-hybridized carbons (Fsp3) is 0.619. The van der Waals surface area contributed by atoms with Crippen LogP contribution in [-0.4, -0.2) is 122 Å². The van der Waals surface area contributed by atoms with Gasteiger partial charge in [-0.25, -0.2) is 19.6 Å². The molecule has 18 heteroatoms.